The van der Waals surface area contributed by atoms with Crippen molar-refractivity contribution in [3.05, 3.63) is 11.6 Å². The highest BCUT2D eigenvalue weighted by Gasteiger charge is 2.60. The number of carboxylic acid groups (broad SMARTS) is 1. The summed E-state index contributed by atoms with van der Waals surface area (Å²) in [7, 11) is -4.21. The van der Waals surface area contributed by atoms with Crippen molar-refractivity contribution in [2.45, 2.75) is 82.5 Å². The van der Waals surface area contributed by atoms with Gasteiger partial charge in [0, 0.05) is 12.1 Å². The van der Waals surface area contributed by atoms with Crippen LogP contribution in [0, 0.1) is 16.7 Å². The van der Waals surface area contributed by atoms with Crippen molar-refractivity contribution in [3.63, 3.8) is 0 Å². The quantitative estimate of drug-likeness (QED) is 0.196. The fraction of sp³-hybridized carbons (Fsp3) is 0.750. The summed E-state index contributed by atoms with van der Waals surface area (Å²) in [6, 6.07) is 0. The van der Waals surface area contributed by atoms with Gasteiger partial charge in [-0.3, -0.25) is 13.9 Å². The zero-order valence-corrected chi connectivity index (χ0v) is 23.4. The third kappa shape index (κ3) is 4.96. The molecule has 15 heteroatoms. The summed E-state index contributed by atoms with van der Waals surface area (Å²) in [5, 5.41) is 36.1. The Balaban J connectivity index is 1.26. The van der Waals surface area contributed by atoms with Gasteiger partial charge in [-0.1, -0.05) is 13.8 Å². The number of aliphatic carboxylic acids is 1. The number of aliphatic hydroxyl groups excluding tert-OH is 2. The predicted molar refractivity (Wildman–Crippen MR) is 140 cm³/mol. The van der Waals surface area contributed by atoms with E-state index in [4.69, 9.17) is 21.4 Å². The van der Waals surface area contributed by atoms with Crippen LogP contribution in [0.3, 0.4) is 0 Å². The highest BCUT2D eigenvalue weighted by Crippen LogP contribution is 2.67. The average Bonchev–Trinajstić information content (AvgIpc) is 3.30. The van der Waals surface area contributed by atoms with Gasteiger partial charge in [-0.25, -0.2) is 10.1 Å². The van der Waals surface area contributed by atoms with Gasteiger partial charge in [0.1, 0.15) is 24.5 Å². The van der Waals surface area contributed by atoms with Crippen LogP contribution in [0.2, 0.25) is 5.28 Å². The number of nitrogens with zero attached hydrogens (tertiary/aromatic N) is 4. The van der Waals surface area contributed by atoms with Gasteiger partial charge in [-0.15, -0.1) is 0 Å². The smallest absolute Gasteiger partial charge is 0.314 e. The predicted octanol–water partition coefficient (Wildman–Crippen LogP) is 2.12. The third-order valence-corrected chi connectivity index (χ3v) is 10.4. The van der Waals surface area contributed by atoms with Crippen molar-refractivity contribution in [3.8, 4) is 0 Å². The maximum absolute atomic E-state index is 12.0. The van der Waals surface area contributed by atoms with E-state index in [0.29, 0.717) is 22.9 Å². The molecule has 1 aliphatic heterocycles. The molecule has 7 rings (SSSR count). The highest BCUT2D eigenvalue weighted by atomic mass is 35.5. The second-order valence-electron chi connectivity index (χ2n) is 12.9. The highest BCUT2D eigenvalue weighted by molar-refractivity contribution is 7.56. The second-order valence-corrected chi connectivity index (χ2v) is 15.2. The molecule has 0 amide bonds. The van der Waals surface area contributed by atoms with Gasteiger partial charge in [0.25, 0.3) is 7.52 Å². The van der Waals surface area contributed by atoms with Gasteiger partial charge < -0.3 is 30.3 Å². The van der Waals surface area contributed by atoms with E-state index < -0.39 is 44.2 Å². The number of halogens is 1. The molecule has 1 saturated heterocycles. The minimum Gasteiger partial charge on any atom is -0.481 e. The van der Waals surface area contributed by atoms with Crippen molar-refractivity contribution in [1.29, 1.82) is 0 Å². The normalized spacial score (nSPS) is 40.7. The number of anilines is 1. The molecule has 2 aromatic rings. The number of carboxylic acids is 1. The maximum Gasteiger partial charge on any atom is 0.314 e. The lowest BCUT2D eigenvalue weighted by atomic mass is 9.43. The molecule has 5 aliphatic rings. The van der Waals surface area contributed by atoms with E-state index in [0.717, 1.165) is 19.3 Å². The molecular weight excluding hydrogens is 551 g/mol. The zero-order valence-electron chi connectivity index (χ0n) is 21.7. The summed E-state index contributed by atoms with van der Waals surface area (Å²) in [6.07, 6.45) is 2.25. The molecule has 5 fully saturated rings. The molecule has 7 unspecified atom stereocenters. The zero-order chi connectivity index (χ0) is 28.0. The fourth-order valence-electron chi connectivity index (χ4n) is 8.60. The van der Waals surface area contributed by atoms with Gasteiger partial charge in [-0.05, 0) is 66.9 Å². The molecule has 0 radical (unpaired) electrons. The van der Waals surface area contributed by atoms with E-state index in [1.165, 1.54) is 30.2 Å². The Bertz CT molecular complexity index is 1360. The van der Waals surface area contributed by atoms with Crippen LogP contribution in [0.5, 0.6) is 0 Å². The molecule has 0 aromatic carbocycles. The van der Waals surface area contributed by atoms with Crippen LogP contribution in [0.15, 0.2) is 6.33 Å². The molecule has 0 spiro atoms. The molecule has 3 heterocycles. The summed E-state index contributed by atoms with van der Waals surface area (Å²) in [4.78, 5) is 34.0. The molecule has 13 nitrogen and oxygen atoms in total. The lowest BCUT2D eigenvalue weighted by molar-refractivity contribution is -0.134. The minimum atomic E-state index is -4.21. The fourth-order valence-corrected chi connectivity index (χ4v) is 9.71. The first kappa shape index (κ1) is 27.3. The van der Waals surface area contributed by atoms with E-state index in [2.05, 4.69) is 39.2 Å². The Morgan fingerprint density at radius 3 is 2.51 bits per heavy atom. The van der Waals surface area contributed by atoms with Crippen LogP contribution in [0.1, 0.15) is 58.6 Å². The van der Waals surface area contributed by atoms with Gasteiger partial charge in [-0.2, -0.15) is 9.97 Å². The Kier molecular flexibility index (Phi) is 6.35. The number of hydrogen-bond donors (Lipinski definition) is 6. The maximum atomic E-state index is 12.0. The van der Waals surface area contributed by atoms with Crippen LogP contribution in [-0.4, -0.2) is 82.3 Å². The SMILES string of the molecule is C[C@]12CC3CC(Nc4nc(Cl)nc5c4ncn5C4OC(CNP(=O)(O)CC(=O)O)C(O)C4O)(C1)C[C@@](C)(C3)C2. The third-order valence-electron chi connectivity index (χ3n) is 8.90. The summed E-state index contributed by atoms with van der Waals surface area (Å²) in [5.74, 6) is -0.270. The lowest BCUT2D eigenvalue weighted by Crippen LogP contribution is -2.61. The van der Waals surface area contributed by atoms with Crippen LogP contribution in [-0.2, 0) is 14.1 Å². The van der Waals surface area contributed by atoms with Crippen molar-refractivity contribution in [2.24, 2.45) is 16.7 Å². The first-order valence-corrected chi connectivity index (χ1v) is 15.4. The van der Waals surface area contributed by atoms with Gasteiger partial charge >= 0.3 is 5.97 Å². The first-order chi connectivity index (χ1) is 18.2. The number of nitrogens with one attached hydrogen (secondary N) is 2. The molecule has 4 bridgehead atoms. The lowest BCUT2D eigenvalue weighted by Gasteiger charge is -2.65. The van der Waals surface area contributed by atoms with Crippen LogP contribution in [0.25, 0.3) is 11.2 Å². The van der Waals surface area contributed by atoms with Crippen molar-refractivity contribution >= 4 is 42.1 Å². The number of imidazole rings is 1. The van der Waals surface area contributed by atoms with Gasteiger partial charge in [0.2, 0.25) is 5.28 Å². The van der Waals surface area contributed by atoms with Crippen molar-refractivity contribution in [1.82, 2.24) is 24.6 Å². The number of aliphatic hydroxyl groups is 2. The van der Waals surface area contributed by atoms with Crippen molar-refractivity contribution in [2.75, 3.05) is 18.0 Å². The topological polar surface area (TPSA) is 192 Å². The number of fused-ring (bicyclic) bond motifs is 1. The van der Waals surface area contributed by atoms with Crippen molar-refractivity contribution < 1.29 is 34.3 Å². The van der Waals surface area contributed by atoms with Gasteiger partial charge in [0.15, 0.2) is 23.2 Å². The number of rotatable bonds is 8. The molecule has 39 heavy (non-hydrogen) atoms. The molecular formula is C24H34ClN6O7P. The molecule has 4 saturated carbocycles. The minimum absolute atomic E-state index is 0.00459. The van der Waals surface area contributed by atoms with Crippen LogP contribution in [0.4, 0.5) is 5.82 Å². The number of aromatic nitrogens is 4. The summed E-state index contributed by atoms with van der Waals surface area (Å²) >= 11 is 6.36. The van der Waals surface area contributed by atoms with Crippen LogP contribution < -0.4 is 10.4 Å². The summed E-state index contributed by atoms with van der Waals surface area (Å²) in [6.45, 7) is 4.42. The van der Waals surface area contributed by atoms with E-state index in [1.807, 2.05) is 0 Å². The largest absolute Gasteiger partial charge is 0.481 e. The van der Waals surface area contributed by atoms with E-state index in [9.17, 15) is 24.5 Å². The summed E-state index contributed by atoms with van der Waals surface area (Å²) in [5.41, 5.74) is 1.20. The second kappa shape index (κ2) is 9.07. The van der Waals surface area contributed by atoms with E-state index in [-0.39, 0.29) is 28.2 Å². The number of hydrogen-bond acceptors (Lipinski definition) is 9. The Hall–Kier alpha value is -1.86. The molecule has 6 N–H and O–H groups in total. The van der Waals surface area contributed by atoms with Crippen LogP contribution >= 0.6 is 19.1 Å². The average molecular weight is 585 g/mol. The Morgan fingerprint density at radius 2 is 1.87 bits per heavy atom. The molecule has 4 aliphatic carbocycles. The molecule has 214 valence electrons. The van der Waals surface area contributed by atoms with E-state index >= 15 is 0 Å². The molecule has 2 aromatic heterocycles. The Morgan fingerprint density at radius 1 is 1.18 bits per heavy atom. The van der Waals surface area contributed by atoms with E-state index in [1.54, 1.807) is 0 Å². The standard InChI is InChI=1S/C24H34ClN6O7P/c1-22-3-12-4-23(2,8-22)10-24(5-12,9-22)30-18-15-19(29-21(25)28-18)31(11-26-15)20-17(35)16(34)13(38-20)6-27-39(36,37)7-14(32)33/h11-13,16-17,20,34-35H,3-10H2,1-2H3,(H,32,33)(H2,27,36,37)(H,28,29,30)/t12?,13?,16?,17?,20?,22-,23+,24?. The first-order valence-electron chi connectivity index (χ1n) is 13.2. The molecule has 9 atom stereocenters. The number of carbonyl (C=O) groups is 1. The number of ether oxygens (including phenoxy) is 1. The summed E-state index contributed by atoms with van der Waals surface area (Å²) < 4.78 is 19.3. The monoisotopic (exact) mass is 584 g/mol. The Labute approximate surface area is 229 Å². The van der Waals surface area contributed by atoms with Gasteiger partial charge in [0.05, 0.1) is 6.33 Å².